The normalized spacial score (nSPS) is 10.8. The molecule has 0 aliphatic heterocycles. The third kappa shape index (κ3) is 3.97. The molecule has 8 nitrogen and oxygen atoms in total. The molecule has 162 valence electrons. The predicted molar refractivity (Wildman–Crippen MR) is 115 cm³/mol. The zero-order valence-corrected chi connectivity index (χ0v) is 17.6. The molecule has 32 heavy (non-hydrogen) atoms. The monoisotopic (exact) mass is 453 g/mol. The number of methoxy groups -OCH3 is 1. The molecule has 4 aromatic rings. The number of aromatic nitrogens is 4. The van der Waals surface area contributed by atoms with Crippen LogP contribution in [0.25, 0.3) is 5.69 Å². The van der Waals surface area contributed by atoms with Crippen LogP contribution in [0.3, 0.4) is 0 Å². The largest absolute Gasteiger partial charge is 0.494 e. The summed E-state index contributed by atoms with van der Waals surface area (Å²) < 4.78 is 22.7. The van der Waals surface area contributed by atoms with E-state index in [1.54, 1.807) is 23.3 Å². The van der Waals surface area contributed by atoms with Crippen molar-refractivity contribution in [3.63, 3.8) is 0 Å². The summed E-state index contributed by atoms with van der Waals surface area (Å²) in [5.41, 5.74) is 6.72. The third-order valence-corrected chi connectivity index (χ3v) is 5.14. The van der Waals surface area contributed by atoms with Gasteiger partial charge in [-0.25, -0.2) is 4.39 Å². The van der Waals surface area contributed by atoms with Gasteiger partial charge in [-0.2, -0.15) is 5.10 Å². The predicted octanol–water partition coefficient (Wildman–Crippen LogP) is 3.25. The number of amides is 1. The first-order chi connectivity index (χ1) is 15.4. The van der Waals surface area contributed by atoms with Gasteiger partial charge in [0.25, 0.3) is 5.91 Å². The summed E-state index contributed by atoms with van der Waals surface area (Å²) >= 11 is 6.08. The molecule has 1 aromatic carbocycles. The summed E-state index contributed by atoms with van der Waals surface area (Å²) in [7, 11) is 1.28. The Balaban J connectivity index is 1.72. The smallest absolute Gasteiger partial charge is 0.265 e. The number of rotatable bonds is 7. The quantitative estimate of drug-likeness (QED) is 0.432. The summed E-state index contributed by atoms with van der Waals surface area (Å²) in [5, 5.41) is 4.22. The fourth-order valence-corrected chi connectivity index (χ4v) is 3.50. The van der Waals surface area contributed by atoms with Gasteiger partial charge < -0.3 is 15.0 Å². The second-order valence-electron chi connectivity index (χ2n) is 6.87. The van der Waals surface area contributed by atoms with Crippen molar-refractivity contribution in [3.05, 3.63) is 94.5 Å². The van der Waals surface area contributed by atoms with E-state index < -0.39 is 17.5 Å². The van der Waals surface area contributed by atoms with E-state index in [9.17, 15) is 14.0 Å². The van der Waals surface area contributed by atoms with Crippen LogP contribution in [0.4, 0.5) is 4.39 Å². The van der Waals surface area contributed by atoms with Gasteiger partial charge >= 0.3 is 0 Å². The van der Waals surface area contributed by atoms with Gasteiger partial charge in [0.15, 0.2) is 17.3 Å². The lowest BCUT2D eigenvalue weighted by Crippen LogP contribution is -2.15. The number of carbonyl (C=O) groups is 2. The highest BCUT2D eigenvalue weighted by molar-refractivity contribution is 6.35. The molecule has 0 bridgehead atoms. The molecule has 3 aromatic heterocycles. The Hall–Kier alpha value is -3.98. The molecule has 0 saturated carbocycles. The molecule has 0 aliphatic rings. The highest BCUT2D eigenvalue weighted by Gasteiger charge is 2.24. The molecule has 4 rings (SSSR count). The number of nitrogens with two attached hydrogens (primary N) is 1. The van der Waals surface area contributed by atoms with Crippen molar-refractivity contribution in [3.8, 4) is 11.4 Å². The van der Waals surface area contributed by atoms with Gasteiger partial charge in [-0.1, -0.05) is 11.6 Å². The van der Waals surface area contributed by atoms with Crippen LogP contribution in [0.5, 0.6) is 5.75 Å². The first kappa shape index (κ1) is 21.3. The van der Waals surface area contributed by atoms with Crippen LogP contribution < -0.4 is 10.5 Å². The summed E-state index contributed by atoms with van der Waals surface area (Å²) in [5.74, 6) is -2.48. The van der Waals surface area contributed by atoms with Crippen LogP contribution in [0.15, 0.2) is 61.3 Å². The number of pyridine rings is 1. The van der Waals surface area contributed by atoms with Crippen LogP contribution in [0.1, 0.15) is 32.0 Å². The number of halogens is 2. The van der Waals surface area contributed by atoms with Gasteiger partial charge in [-0.15, -0.1) is 0 Å². The Kier molecular flexibility index (Phi) is 5.74. The molecular formula is C22H17ClFN5O3. The van der Waals surface area contributed by atoms with Crippen LogP contribution >= 0.6 is 11.6 Å². The van der Waals surface area contributed by atoms with E-state index in [1.807, 2.05) is 12.1 Å². The van der Waals surface area contributed by atoms with Crippen LogP contribution in [-0.2, 0) is 6.54 Å². The SMILES string of the molecule is COc1ccc(Cl)c(C(=O)c2cc(C(N)=O)n(-c3cnn(Cc4ccncc4)c3)c2)c1F. The Morgan fingerprint density at radius 1 is 1.19 bits per heavy atom. The number of ketones is 1. The average Bonchev–Trinajstić information content (AvgIpc) is 3.42. The van der Waals surface area contributed by atoms with Crippen LogP contribution in [-0.4, -0.2) is 38.1 Å². The third-order valence-electron chi connectivity index (χ3n) is 4.83. The molecule has 0 radical (unpaired) electrons. The van der Waals surface area contributed by atoms with E-state index >= 15 is 0 Å². The van der Waals surface area contributed by atoms with Crippen molar-refractivity contribution in [1.29, 1.82) is 0 Å². The number of carbonyl (C=O) groups excluding carboxylic acids is 2. The molecule has 0 aliphatic carbocycles. The molecule has 1 amide bonds. The second-order valence-corrected chi connectivity index (χ2v) is 7.27. The minimum absolute atomic E-state index is 0.0368. The van der Waals surface area contributed by atoms with Crippen molar-refractivity contribution < 1.29 is 18.7 Å². The molecule has 0 unspecified atom stereocenters. The van der Waals surface area contributed by atoms with E-state index in [0.29, 0.717) is 12.2 Å². The van der Waals surface area contributed by atoms with E-state index in [0.717, 1.165) is 5.56 Å². The summed E-state index contributed by atoms with van der Waals surface area (Å²) in [4.78, 5) is 29.1. The maximum Gasteiger partial charge on any atom is 0.265 e. The molecule has 0 atom stereocenters. The van der Waals surface area contributed by atoms with Crippen molar-refractivity contribution in [2.45, 2.75) is 6.54 Å². The van der Waals surface area contributed by atoms with Gasteiger partial charge in [0.2, 0.25) is 0 Å². The van der Waals surface area contributed by atoms with E-state index in [4.69, 9.17) is 22.1 Å². The first-order valence-electron chi connectivity index (χ1n) is 9.39. The van der Waals surface area contributed by atoms with Gasteiger partial charge in [0.1, 0.15) is 5.69 Å². The maximum absolute atomic E-state index is 14.7. The van der Waals surface area contributed by atoms with Crippen LogP contribution in [0.2, 0.25) is 5.02 Å². The summed E-state index contributed by atoms with van der Waals surface area (Å²) in [6.45, 7) is 0.478. The Bertz CT molecular complexity index is 1320. The maximum atomic E-state index is 14.7. The average molecular weight is 454 g/mol. The zero-order chi connectivity index (χ0) is 22.8. The van der Waals surface area contributed by atoms with E-state index in [-0.39, 0.29) is 27.6 Å². The number of hydrogen-bond acceptors (Lipinski definition) is 5. The number of primary amides is 1. The minimum atomic E-state index is -0.886. The molecule has 0 fully saturated rings. The molecular weight excluding hydrogens is 437 g/mol. The van der Waals surface area contributed by atoms with Crippen LogP contribution in [0, 0.1) is 5.82 Å². The highest BCUT2D eigenvalue weighted by Crippen LogP contribution is 2.30. The van der Waals surface area contributed by atoms with Gasteiger partial charge in [0, 0.05) is 30.4 Å². The lowest BCUT2D eigenvalue weighted by atomic mass is 10.0. The molecule has 10 heteroatoms. The standard InChI is InChI=1S/C22H17ClFN5O3/c1-32-18-3-2-16(23)19(20(18)24)21(30)14-8-17(22(25)31)29(11-14)15-9-27-28(12-15)10-13-4-6-26-7-5-13/h2-9,11-12H,10H2,1H3,(H2,25,31). The zero-order valence-electron chi connectivity index (χ0n) is 16.8. The lowest BCUT2D eigenvalue weighted by Gasteiger charge is -2.08. The van der Waals surface area contributed by atoms with Crippen molar-refractivity contribution >= 4 is 23.3 Å². The topological polar surface area (TPSA) is 105 Å². The summed E-state index contributed by atoms with van der Waals surface area (Å²) in [6.07, 6.45) is 7.97. The van der Waals surface area contributed by atoms with Crippen molar-refractivity contribution in [2.75, 3.05) is 7.11 Å². The van der Waals surface area contributed by atoms with Gasteiger partial charge in [-0.05, 0) is 35.9 Å². The Labute approximate surface area is 187 Å². The van der Waals surface area contributed by atoms with E-state index in [2.05, 4.69) is 10.1 Å². The fourth-order valence-electron chi connectivity index (χ4n) is 3.27. The number of benzene rings is 1. The summed E-state index contributed by atoms with van der Waals surface area (Å²) in [6, 6.07) is 7.70. The lowest BCUT2D eigenvalue weighted by molar-refractivity contribution is 0.0993. The Morgan fingerprint density at radius 2 is 1.94 bits per heavy atom. The Morgan fingerprint density at radius 3 is 2.62 bits per heavy atom. The van der Waals surface area contributed by atoms with Gasteiger partial charge in [-0.3, -0.25) is 19.3 Å². The van der Waals surface area contributed by atoms with Gasteiger partial charge in [0.05, 0.1) is 36.1 Å². The van der Waals surface area contributed by atoms with Crippen molar-refractivity contribution in [1.82, 2.24) is 19.3 Å². The molecule has 3 heterocycles. The minimum Gasteiger partial charge on any atom is -0.494 e. The number of hydrogen-bond donors (Lipinski definition) is 1. The number of nitrogens with zero attached hydrogens (tertiary/aromatic N) is 4. The van der Waals surface area contributed by atoms with Crippen molar-refractivity contribution in [2.24, 2.45) is 5.73 Å². The highest BCUT2D eigenvalue weighted by atomic mass is 35.5. The molecule has 0 saturated heterocycles. The first-order valence-corrected chi connectivity index (χ1v) is 9.77. The number of ether oxygens (including phenoxy) is 1. The second kappa shape index (κ2) is 8.64. The van der Waals surface area contributed by atoms with E-state index in [1.165, 1.54) is 42.3 Å². The molecule has 2 N–H and O–H groups in total. The fraction of sp³-hybridized carbons (Fsp3) is 0.0909. The molecule has 0 spiro atoms.